The lowest BCUT2D eigenvalue weighted by Crippen LogP contribution is -2.63. The summed E-state index contributed by atoms with van der Waals surface area (Å²) < 4.78 is 12.9. The van der Waals surface area contributed by atoms with Gasteiger partial charge in [-0.15, -0.1) is 0 Å². The highest BCUT2D eigenvalue weighted by Crippen LogP contribution is 2.35. The zero-order valence-corrected chi connectivity index (χ0v) is 20.7. The fourth-order valence-corrected chi connectivity index (χ4v) is 4.88. The molecule has 1 aromatic heterocycles. The van der Waals surface area contributed by atoms with Gasteiger partial charge in [0.1, 0.15) is 22.7 Å². The van der Waals surface area contributed by atoms with Crippen molar-refractivity contribution in [1.82, 2.24) is 14.8 Å². The Hall–Kier alpha value is -4.26. The number of methoxy groups -OCH3 is 2. The van der Waals surface area contributed by atoms with Crippen LogP contribution >= 0.6 is 0 Å². The average molecular weight is 484 g/mol. The maximum absolute atomic E-state index is 14.0. The molecule has 184 valence electrons. The number of carbonyl (C=O) groups excluding carboxylic acids is 2. The molecule has 0 radical (unpaired) electrons. The van der Waals surface area contributed by atoms with E-state index in [0.717, 1.165) is 22.0 Å². The molecular formula is C29H29N3O4. The van der Waals surface area contributed by atoms with E-state index in [-0.39, 0.29) is 18.4 Å². The van der Waals surface area contributed by atoms with Crippen LogP contribution in [0.3, 0.4) is 0 Å². The summed E-state index contributed by atoms with van der Waals surface area (Å²) in [5.41, 5.74) is 2.15. The molecule has 1 aliphatic heterocycles. The Morgan fingerprint density at radius 3 is 2.47 bits per heavy atom. The van der Waals surface area contributed by atoms with E-state index < -0.39 is 5.54 Å². The van der Waals surface area contributed by atoms with Crippen molar-refractivity contribution in [1.29, 1.82) is 0 Å². The average Bonchev–Trinajstić information content (AvgIpc) is 3.28. The number of fused-ring (bicyclic) bond motifs is 3. The van der Waals surface area contributed by atoms with Gasteiger partial charge >= 0.3 is 0 Å². The first-order valence-electron chi connectivity index (χ1n) is 11.9. The molecule has 0 bridgehead atoms. The highest BCUT2D eigenvalue weighted by atomic mass is 16.5. The second-order valence-electron chi connectivity index (χ2n) is 9.19. The normalized spacial score (nSPS) is 17.1. The Morgan fingerprint density at radius 2 is 1.72 bits per heavy atom. The molecule has 5 rings (SSSR count). The third kappa shape index (κ3) is 4.06. The minimum atomic E-state index is -1.13. The van der Waals surface area contributed by atoms with Gasteiger partial charge in [-0.1, -0.05) is 48.5 Å². The Bertz CT molecular complexity index is 1430. The molecule has 0 fully saturated rings. The summed E-state index contributed by atoms with van der Waals surface area (Å²) in [7, 11) is 3.18. The topological polar surface area (TPSA) is 72.8 Å². The number of benzene rings is 3. The second kappa shape index (κ2) is 9.41. The summed E-state index contributed by atoms with van der Waals surface area (Å²) in [5, 5.41) is 4.04. The predicted octanol–water partition coefficient (Wildman–Crippen LogP) is 4.39. The molecule has 0 aliphatic carbocycles. The van der Waals surface area contributed by atoms with Crippen molar-refractivity contribution in [3.63, 3.8) is 0 Å². The van der Waals surface area contributed by atoms with Crippen LogP contribution in [0.15, 0.2) is 78.9 Å². The molecule has 1 atom stereocenters. The first kappa shape index (κ1) is 23.5. The molecule has 7 heteroatoms. The summed E-state index contributed by atoms with van der Waals surface area (Å²) in [6.45, 7) is 2.75. The van der Waals surface area contributed by atoms with Gasteiger partial charge in [-0.2, -0.15) is 0 Å². The predicted molar refractivity (Wildman–Crippen MR) is 138 cm³/mol. The van der Waals surface area contributed by atoms with Gasteiger partial charge < -0.3 is 24.3 Å². The van der Waals surface area contributed by atoms with E-state index in [1.807, 2.05) is 84.3 Å². The molecular weight excluding hydrogens is 454 g/mol. The molecule has 2 amide bonds. The number of hydrogen-bond acceptors (Lipinski definition) is 4. The minimum Gasteiger partial charge on any atom is -0.497 e. The molecule has 0 spiro atoms. The highest BCUT2D eigenvalue weighted by Gasteiger charge is 2.47. The maximum atomic E-state index is 14.0. The van der Waals surface area contributed by atoms with Gasteiger partial charge in [0.25, 0.3) is 5.91 Å². The second-order valence-corrected chi connectivity index (χ2v) is 9.19. The van der Waals surface area contributed by atoms with E-state index in [4.69, 9.17) is 9.47 Å². The van der Waals surface area contributed by atoms with Crippen LogP contribution in [0.1, 0.15) is 28.5 Å². The number of aromatic nitrogens is 1. The van der Waals surface area contributed by atoms with Gasteiger partial charge in [0, 0.05) is 29.1 Å². The van der Waals surface area contributed by atoms with E-state index in [9.17, 15) is 9.59 Å². The summed E-state index contributed by atoms with van der Waals surface area (Å²) >= 11 is 0. The van der Waals surface area contributed by atoms with E-state index in [1.54, 1.807) is 25.2 Å². The van der Waals surface area contributed by atoms with Crippen LogP contribution in [0.2, 0.25) is 0 Å². The number of nitrogens with one attached hydrogen (secondary N) is 1. The maximum Gasteiger partial charge on any atom is 0.271 e. The lowest BCUT2D eigenvalue weighted by molar-refractivity contribution is -0.133. The minimum absolute atomic E-state index is 0.201. The molecule has 1 aliphatic rings. The van der Waals surface area contributed by atoms with Crippen molar-refractivity contribution in [3.8, 4) is 11.5 Å². The number of amides is 2. The Balaban J connectivity index is 1.55. The first-order chi connectivity index (χ1) is 17.4. The smallest absolute Gasteiger partial charge is 0.271 e. The molecule has 0 saturated heterocycles. The largest absolute Gasteiger partial charge is 0.497 e. The number of carbonyl (C=O) groups is 2. The van der Waals surface area contributed by atoms with E-state index in [1.165, 1.54) is 0 Å². The van der Waals surface area contributed by atoms with Gasteiger partial charge in [-0.25, -0.2) is 0 Å². The third-order valence-corrected chi connectivity index (χ3v) is 6.94. The van der Waals surface area contributed by atoms with Gasteiger partial charge in [0.2, 0.25) is 5.91 Å². The molecule has 4 aromatic rings. The van der Waals surface area contributed by atoms with Gasteiger partial charge in [-0.05, 0) is 36.8 Å². The lowest BCUT2D eigenvalue weighted by atomic mass is 9.93. The van der Waals surface area contributed by atoms with Crippen molar-refractivity contribution in [2.24, 2.45) is 0 Å². The van der Waals surface area contributed by atoms with Gasteiger partial charge in [0.15, 0.2) is 0 Å². The van der Waals surface area contributed by atoms with E-state index in [0.29, 0.717) is 30.3 Å². The summed E-state index contributed by atoms with van der Waals surface area (Å²) in [6.07, 6.45) is 0. The molecule has 0 saturated carbocycles. The Morgan fingerprint density at radius 1 is 0.972 bits per heavy atom. The highest BCUT2D eigenvalue weighted by molar-refractivity contribution is 6.03. The fourth-order valence-electron chi connectivity index (χ4n) is 4.88. The van der Waals surface area contributed by atoms with Crippen molar-refractivity contribution in [3.05, 3.63) is 95.7 Å². The Labute approximate surface area is 210 Å². The van der Waals surface area contributed by atoms with Gasteiger partial charge in [0.05, 0.1) is 27.3 Å². The molecule has 36 heavy (non-hydrogen) atoms. The van der Waals surface area contributed by atoms with Crippen molar-refractivity contribution < 1.29 is 19.1 Å². The number of hydrogen-bond donors (Lipinski definition) is 1. The van der Waals surface area contributed by atoms with Crippen LogP contribution in [0.25, 0.3) is 10.9 Å². The number of ether oxygens (including phenoxy) is 2. The summed E-state index contributed by atoms with van der Waals surface area (Å²) in [5.74, 6) is 0.840. The molecule has 1 unspecified atom stereocenters. The molecule has 1 N–H and O–H groups in total. The monoisotopic (exact) mass is 483 g/mol. The number of nitrogens with zero attached hydrogens (tertiary/aromatic N) is 2. The molecule has 3 aromatic carbocycles. The van der Waals surface area contributed by atoms with Crippen LogP contribution in [0, 0.1) is 0 Å². The Kier molecular flexibility index (Phi) is 6.14. The number of rotatable bonds is 7. The summed E-state index contributed by atoms with van der Waals surface area (Å²) in [6, 6.07) is 25.0. The van der Waals surface area contributed by atoms with E-state index >= 15 is 0 Å². The quantitative estimate of drug-likeness (QED) is 0.423. The van der Waals surface area contributed by atoms with Crippen LogP contribution in [0.4, 0.5) is 0 Å². The molecule has 2 heterocycles. The van der Waals surface area contributed by atoms with Crippen molar-refractivity contribution in [2.45, 2.75) is 32.1 Å². The number of para-hydroxylation sites is 1. The first-order valence-corrected chi connectivity index (χ1v) is 11.9. The van der Waals surface area contributed by atoms with E-state index in [2.05, 4.69) is 5.32 Å². The van der Waals surface area contributed by atoms with Crippen LogP contribution < -0.4 is 14.8 Å². The van der Waals surface area contributed by atoms with Gasteiger partial charge in [-0.3, -0.25) is 9.59 Å². The summed E-state index contributed by atoms with van der Waals surface area (Å²) in [4.78, 5) is 29.4. The van der Waals surface area contributed by atoms with Crippen molar-refractivity contribution >= 4 is 22.7 Å². The molecule has 7 nitrogen and oxygen atoms in total. The van der Waals surface area contributed by atoms with Crippen LogP contribution in [-0.4, -0.2) is 41.0 Å². The van der Waals surface area contributed by atoms with Crippen LogP contribution in [0.5, 0.6) is 11.5 Å². The standard InChI is InChI=1S/C29H29N3O4/c1-29(28(34)30-17-20-9-5-4-6-10-20)19-31-24-12-8-7-11-21(24)15-25(31)27(33)32(29)18-22-13-14-23(35-2)16-26(22)36-3/h4-16H,17-19H2,1-3H3,(H,30,34). The zero-order chi connectivity index (χ0) is 25.3. The van der Waals surface area contributed by atoms with Crippen molar-refractivity contribution in [2.75, 3.05) is 14.2 Å². The third-order valence-electron chi connectivity index (χ3n) is 6.94. The van der Waals surface area contributed by atoms with Crippen LogP contribution in [-0.2, 0) is 24.4 Å². The lowest BCUT2D eigenvalue weighted by Gasteiger charge is -2.44. The zero-order valence-electron chi connectivity index (χ0n) is 20.7. The fraction of sp³-hybridized carbons (Fsp3) is 0.241. The SMILES string of the molecule is COc1ccc(CN2C(=O)c3cc4ccccc4n3CC2(C)C(=O)NCc2ccccc2)c(OC)c1.